The SMILES string of the molecule is CN[C@H]1CC[C@H](Nc2cc(OC)c(C(N)=O)cc2Cl)CC1. The molecule has 0 atom stereocenters. The van der Waals surface area contributed by atoms with E-state index in [1.807, 2.05) is 7.05 Å². The van der Waals surface area contributed by atoms with Crippen molar-refractivity contribution in [3.63, 3.8) is 0 Å². The normalized spacial score (nSPS) is 21.9. The third-order valence-electron chi connectivity index (χ3n) is 4.05. The number of hydrogen-bond acceptors (Lipinski definition) is 4. The van der Waals surface area contributed by atoms with Crippen molar-refractivity contribution in [2.24, 2.45) is 5.73 Å². The van der Waals surface area contributed by atoms with Crippen molar-refractivity contribution >= 4 is 23.2 Å². The molecular formula is C15H22ClN3O2. The second-order valence-electron chi connectivity index (χ2n) is 5.38. The maximum atomic E-state index is 11.4. The number of rotatable bonds is 5. The molecule has 0 saturated heterocycles. The van der Waals surface area contributed by atoms with Crippen LogP contribution < -0.4 is 21.1 Å². The number of nitrogens with two attached hydrogens (primary N) is 1. The van der Waals surface area contributed by atoms with Gasteiger partial charge in [-0.05, 0) is 38.8 Å². The highest BCUT2D eigenvalue weighted by molar-refractivity contribution is 6.33. The van der Waals surface area contributed by atoms with Gasteiger partial charge in [0.25, 0.3) is 5.91 Å². The van der Waals surface area contributed by atoms with Crippen molar-refractivity contribution in [3.05, 3.63) is 22.7 Å². The molecule has 21 heavy (non-hydrogen) atoms. The fourth-order valence-electron chi connectivity index (χ4n) is 2.77. The highest BCUT2D eigenvalue weighted by Gasteiger charge is 2.21. The summed E-state index contributed by atoms with van der Waals surface area (Å²) in [6.07, 6.45) is 4.45. The van der Waals surface area contributed by atoms with Crippen molar-refractivity contribution < 1.29 is 9.53 Å². The number of primary amides is 1. The van der Waals surface area contributed by atoms with Crippen LogP contribution in [0.15, 0.2) is 12.1 Å². The lowest BCUT2D eigenvalue weighted by molar-refractivity contribution is 0.0997. The van der Waals surface area contributed by atoms with E-state index >= 15 is 0 Å². The average molecular weight is 312 g/mol. The molecule has 5 nitrogen and oxygen atoms in total. The van der Waals surface area contributed by atoms with E-state index in [9.17, 15) is 4.79 Å². The first kappa shape index (κ1) is 15.9. The van der Waals surface area contributed by atoms with Gasteiger partial charge < -0.3 is 21.1 Å². The largest absolute Gasteiger partial charge is 0.496 e. The molecule has 1 aliphatic carbocycles. The van der Waals surface area contributed by atoms with E-state index in [0.717, 1.165) is 31.4 Å². The van der Waals surface area contributed by atoms with E-state index in [-0.39, 0.29) is 0 Å². The van der Waals surface area contributed by atoms with Crippen LogP contribution in [0.3, 0.4) is 0 Å². The van der Waals surface area contributed by atoms with Crippen LogP contribution in [-0.2, 0) is 0 Å². The van der Waals surface area contributed by atoms with Crippen molar-refractivity contribution in [2.45, 2.75) is 37.8 Å². The van der Waals surface area contributed by atoms with Gasteiger partial charge in [-0.1, -0.05) is 11.6 Å². The molecule has 0 aliphatic heterocycles. The number of nitrogens with one attached hydrogen (secondary N) is 2. The number of amides is 1. The molecule has 0 aromatic heterocycles. The molecule has 0 spiro atoms. The van der Waals surface area contributed by atoms with Gasteiger partial charge in [-0.2, -0.15) is 0 Å². The first-order valence-electron chi connectivity index (χ1n) is 7.16. The molecule has 116 valence electrons. The highest BCUT2D eigenvalue weighted by Crippen LogP contribution is 2.33. The average Bonchev–Trinajstić information content (AvgIpc) is 2.49. The molecule has 4 N–H and O–H groups in total. The van der Waals surface area contributed by atoms with E-state index in [0.29, 0.717) is 28.4 Å². The number of hydrogen-bond donors (Lipinski definition) is 3. The van der Waals surface area contributed by atoms with E-state index in [2.05, 4.69) is 10.6 Å². The van der Waals surface area contributed by atoms with Gasteiger partial charge in [-0.15, -0.1) is 0 Å². The topological polar surface area (TPSA) is 76.4 Å². The van der Waals surface area contributed by atoms with Crippen LogP contribution in [0.1, 0.15) is 36.0 Å². The summed E-state index contributed by atoms with van der Waals surface area (Å²) in [4.78, 5) is 11.4. The minimum absolute atomic E-state index is 0.298. The minimum atomic E-state index is -0.546. The van der Waals surface area contributed by atoms with Gasteiger partial charge >= 0.3 is 0 Å². The molecular weight excluding hydrogens is 290 g/mol. The summed E-state index contributed by atoms with van der Waals surface area (Å²) >= 11 is 6.24. The Bertz CT molecular complexity index is 514. The zero-order valence-corrected chi connectivity index (χ0v) is 13.2. The first-order valence-corrected chi connectivity index (χ1v) is 7.54. The van der Waals surface area contributed by atoms with Gasteiger partial charge in [0.05, 0.1) is 23.4 Å². The lowest BCUT2D eigenvalue weighted by atomic mass is 9.91. The van der Waals surface area contributed by atoms with Crippen molar-refractivity contribution in [3.8, 4) is 5.75 Å². The van der Waals surface area contributed by atoms with Gasteiger partial charge in [0.1, 0.15) is 5.75 Å². The van der Waals surface area contributed by atoms with Crippen LogP contribution in [-0.4, -0.2) is 32.1 Å². The highest BCUT2D eigenvalue weighted by atomic mass is 35.5. The number of halogens is 1. The fraction of sp³-hybridized carbons (Fsp3) is 0.533. The van der Waals surface area contributed by atoms with E-state index in [1.165, 1.54) is 7.11 Å². The summed E-state index contributed by atoms with van der Waals surface area (Å²) in [5.74, 6) is -0.104. The van der Waals surface area contributed by atoms with E-state index in [4.69, 9.17) is 22.1 Å². The standard InChI is InChI=1S/C15H22ClN3O2/c1-18-9-3-5-10(6-4-9)19-13-8-14(21-2)11(15(17)20)7-12(13)16/h7-10,18-19H,3-6H2,1-2H3,(H2,17,20)/t9-,10-. The summed E-state index contributed by atoms with van der Waals surface area (Å²) in [5.41, 5.74) is 6.40. The molecule has 1 saturated carbocycles. The lowest BCUT2D eigenvalue weighted by Crippen LogP contribution is -2.35. The Morgan fingerprint density at radius 3 is 2.43 bits per heavy atom. The van der Waals surface area contributed by atoms with Gasteiger partial charge in [-0.3, -0.25) is 4.79 Å². The Kier molecular flexibility index (Phi) is 5.31. The van der Waals surface area contributed by atoms with Crippen LogP contribution in [0.4, 0.5) is 5.69 Å². The van der Waals surface area contributed by atoms with Gasteiger partial charge in [0.15, 0.2) is 0 Å². The molecule has 0 bridgehead atoms. The van der Waals surface area contributed by atoms with Crippen LogP contribution in [0.25, 0.3) is 0 Å². The molecule has 2 rings (SSSR count). The Morgan fingerprint density at radius 1 is 1.29 bits per heavy atom. The number of ether oxygens (including phenoxy) is 1. The summed E-state index contributed by atoms with van der Waals surface area (Å²) in [5, 5.41) is 7.24. The molecule has 1 aromatic carbocycles. The number of carbonyl (C=O) groups excluding carboxylic acids is 1. The van der Waals surface area contributed by atoms with E-state index in [1.54, 1.807) is 12.1 Å². The maximum absolute atomic E-state index is 11.4. The molecule has 1 aliphatic rings. The Labute approximate surface area is 130 Å². The Balaban J connectivity index is 2.12. The van der Waals surface area contributed by atoms with Gasteiger partial charge in [-0.25, -0.2) is 0 Å². The summed E-state index contributed by atoms with van der Waals surface area (Å²) < 4.78 is 5.22. The molecule has 0 unspecified atom stereocenters. The smallest absolute Gasteiger partial charge is 0.252 e. The van der Waals surface area contributed by atoms with Crippen molar-refractivity contribution in [1.82, 2.24) is 5.32 Å². The lowest BCUT2D eigenvalue weighted by Gasteiger charge is -2.30. The van der Waals surface area contributed by atoms with Crippen LogP contribution in [0.5, 0.6) is 5.75 Å². The Morgan fingerprint density at radius 2 is 1.90 bits per heavy atom. The molecule has 0 radical (unpaired) electrons. The molecule has 6 heteroatoms. The van der Waals surface area contributed by atoms with Crippen molar-refractivity contribution in [2.75, 3.05) is 19.5 Å². The molecule has 1 fully saturated rings. The third-order valence-corrected chi connectivity index (χ3v) is 4.36. The number of anilines is 1. The predicted molar refractivity (Wildman–Crippen MR) is 85.2 cm³/mol. The van der Waals surface area contributed by atoms with Gasteiger partial charge in [0, 0.05) is 18.2 Å². The van der Waals surface area contributed by atoms with E-state index < -0.39 is 5.91 Å². The second-order valence-corrected chi connectivity index (χ2v) is 5.79. The molecule has 1 aromatic rings. The number of benzene rings is 1. The fourth-order valence-corrected chi connectivity index (χ4v) is 2.99. The number of carbonyl (C=O) groups is 1. The zero-order valence-electron chi connectivity index (χ0n) is 12.4. The van der Waals surface area contributed by atoms with Gasteiger partial charge in [0.2, 0.25) is 0 Å². The number of methoxy groups -OCH3 is 1. The van der Waals surface area contributed by atoms with Crippen LogP contribution in [0, 0.1) is 0 Å². The second kappa shape index (κ2) is 7.00. The van der Waals surface area contributed by atoms with Crippen molar-refractivity contribution in [1.29, 1.82) is 0 Å². The molecule has 0 heterocycles. The predicted octanol–water partition coefficient (Wildman–Crippen LogP) is 2.39. The quantitative estimate of drug-likeness (QED) is 0.780. The minimum Gasteiger partial charge on any atom is -0.496 e. The first-order chi connectivity index (χ1) is 10.0. The molecule has 1 amide bonds. The summed E-state index contributed by atoms with van der Waals surface area (Å²) in [6, 6.07) is 4.29. The monoisotopic (exact) mass is 311 g/mol. The van der Waals surface area contributed by atoms with Crippen LogP contribution in [0.2, 0.25) is 5.02 Å². The summed E-state index contributed by atoms with van der Waals surface area (Å²) in [6.45, 7) is 0. The Hall–Kier alpha value is -1.46. The van der Waals surface area contributed by atoms with Crippen LogP contribution >= 0.6 is 11.6 Å². The zero-order chi connectivity index (χ0) is 15.4. The maximum Gasteiger partial charge on any atom is 0.252 e. The third kappa shape index (κ3) is 3.80. The summed E-state index contributed by atoms with van der Waals surface area (Å²) in [7, 11) is 3.51.